The largest absolute Gasteiger partial charge is 0.508 e. The number of amides is 4. The Labute approximate surface area is 334 Å². The molecule has 0 saturated carbocycles. The van der Waals surface area contributed by atoms with Crippen LogP contribution in [0.4, 0.5) is 0 Å². The van der Waals surface area contributed by atoms with Crippen molar-refractivity contribution in [1.29, 1.82) is 0 Å². The molecule has 0 aromatic heterocycles. The minimum Gasteiger partial charge on any atom is -0.508 e. The van der Waals surface area contributed by atoms with Crippen LogP contribution in [0.3, 0.4) is 0 Å². The Morgan fingerprint density at radius 3 is 1.85 bits per heavy atom. The maximum Gasteiger partial charge on any atom is 0.243 e. The SMILES string of the molecule is [B]C([B])(N)C([B])([B])C([B])([B])C([B])([B])C(NC(=O)[C@H](Cc1c(C)cc(O)cc1C)NC(=O)[C@H](N)CCCN=C(N)N)C(=O)N[C@@]([B])(Cc1ccccc1)C(N)=O. The Kier molecular flexibility index (Phi) is 15.6. The number of aromatic hydroxyl groups is 1. The number of nitrogens with one attached hydrogen (secondary N) is 3. The molecule has 4 atom stereocenters. The second-order valence-electron chi connectivity index (χ2n) is 13.9. The number of primary amides is 1. The van der Waals surface area contributed by atoms with E-state index in [1.54, 1.807) is 44.2 Å². The van der Waals surface area contributed by atoms with Gasteiger partial charge < -0.3 is 49.7 Å². The quantitative estimate of drug-likeness (QED) is 0.0290. The number of hydrogen-bond donors (Lipinski definition) is 9. The number of aliphatic imine (C=N–C) groups is 1. The van der Waals surface area contributed by atoms with Crippen LogP contribution >= 0.6 is 0 Å². The van der Waals surface area contributed by atoms with Gasteiger partial charge in [-0.05, 0) is 67.5 Å². The molecule has 2 aromatic rings. The number of carbonyl (C=O) groups is 4. The van der Waals surface area contributed by atoms with E-state index in [0.717, 1.165) is 0 Å². The summed E-state index contributed by atoms with van der Waals surface area (Å²) in [5.74, 6) is -4.70. The first kappa shape index (κ1) is 47.0. The average molecular weight is 728 g/mol. The third-order valence-corrected chi connectivity index (χ3v) is 9.28. The number of rotatable bonds is 19. The minimum absolute atomic E-state index is 0.0559. The number of hydrogen-bond acceptors (Lipinski definition) is 8. The fourth-order valence-electron chi connectivity index (χ4n) is 5.64. The highest BCUT2D eigenvalue weighted by Gasteiger charge is 2.55. The van der Waals surface area contributed by atoms with Crippen molar-refractivity contribution in [2.45, 2.75) is 84.1 Å². The second kappa shape index (κ2) is 18.2. The lowest BCUT2D eigenvalue weighted by molar-refractivity contribution is -0.134. The van der Waals surface area contributed by atoms with Gasteiger partial charge in [0.2, 0.25) is 23.6 Å². The maximum atomic E-state index is 14.4. The van der Waals surface area contributed by atoms with Crippen molar-refractivity contribution in [3.63, 3.8) is 0 Å². The minimum atomic E-state index is -2.97. The molecule has 1 unspecified atom stereocenters. The standard InChI is InChI=1S/C32H40B9N9O5/c1-15-11-18(51)12-16(2)19(15)13-21(48-23(52)20(42)9-6-10-47-27(44)45)24(53)49-22(29(34,35)30(36,37)31(38,39)32(40,41)46)25(54)50-28(33,26(43)55)14-17-7-4-3-5-8-17/h3-5,7-8,11-12,20-22,51H,6,9-10,13-14,42,46H2,1-2H3,(H2,43,55)(H,48,52)(H,49,53)(H,50,54)(H4,44,45,47)/t20-,21+,22?,28+/m1/s1. The zero-order valence-corrected chi connectivity index (χ0v) is 30.9. The van der Waals surface area contributed by atoms with Gasteiger partial charge in [-0.3, -0.25) is 24.2 Å². The first-order valence-electron chi connectivity index (χ1n) is 16.8. The van der Waals surface area contributed by atoms with Crippen LogP contribution in [0.2, 0.25) is 15.6 Å². The van der Waals surface area contributed by atoms with E-state index in [1.165, 1.54) is 12.1 Å². The van der Waals surface area contributed by atoms with Gasteiger partial charge in [0, 0.05) is 13.0 Å². The summed E-state index contributed by atoms with van der Waals surface area (Å²) in [6.45, 7) is 3.48. The highest BCUT2D eigenvalue weighted by molar-refractivity contribution is 6.66. The van der Waals surface area contributed by atoms with E-state index in [1.807, 2.05) is 0 Å². The normalized spacial score (nSPS) is 15.0. The number of nitrogens with zero attached hydrogens (tertiary/aromatic N) is 1. The van der Waals surface area contributed by atoms with Crippen LogP contribution in [-0.2, 0) is 32.0 Å². The number of aryl methyl sites for hydroxylation is 2. The van der Waals surface area contributed by atoms with Crippen LogP contribution in [0.25, 0.3) is 0 Å². The summed E-state index contributed by atoms with van der Waals surface area (Å²) in [4.78, 5) is 58.7. The highest BCUT2D eigenvalue weighted by Crippen LogP contribution is 2.60. The van der Waals surface area contributed by atoms with E-state index in [9.17, 15) is 24.3 Å². The molecule has 270 valence electrons. The molecule has 4 amide bonds. The summed E-state index contributed by atoms with van der Waals surface area (Å²) in [6, 6.07) is 6.03. The van der Waals surface area contributed by atoms with Crippen LogP contribution in [0.1, 0.15) is 35.1 Å². The molecule has 0 fully saturated rings. The number of phenolic OH excluding ortho intramolecular Hbond substituents is 1. The van der Waals surface area contributed by atoms with E-state index in [4.69, 9.17) is 99.3 Å². The van der Waals surface area contributed by atoms with Crippen LogP contribution in [0.5, 0.6) is 5.75 Å². The molecule has 14 N–H and O–H groups in total. The smallest absolute Gasteiger partial charge is 0.243 e. The Hall–Kier alpha value is -4.11. The second-order valence-corrected chi connectivity index (χ2v) is 13.9. The summed E-state index contributed by atoms with van der Waals surface area (Å²) in [7, 11) is 55.7. The van der Waals surface area contributed by atoms with Gasteiger partial charge in [-0.1, -0.05) is 40.9 Å². The molecule has 23 heteroatoms. The Bertz CT molecular complexity index is 1720. The predicted molar refractivity (Wildman–Crippen MR) is 220 cm³/mol. The Balaban J connectivity index is 2.70. The van der Waals surface area contributed by atoms with Gasteiger partial charge in [0.05, 0.1) is 80.3 Å². The molecule has 0 saturated heterocycles. The van der Waals surface area contributed by atoms with Gasteiger partial charge in [0.15, 0.2) is 5.96 Å². The lowest BCUT2D eigenvalue weighted by Gasteiger charge is -2.63. The van der Waals surface area contributed by atoms with Crippen molar-refractivity contribution >= 4 is 100 Å². The van der Waals surface area contributed by atoms with Gasteiger partial charge in [0.25, 0.3) is 0 Å². The lowest BCUT2D eigenvalue weighted by atomic mass is 9.11. The molecule has 0 aliphatic rings. The molecule has 18 radical (unpaired) electrons. The van der Waals surface area contributed by atoms with Gasteiger partial charge >= 0.3 is 0 Å². The van der Waals surface area contributed by atoms with Gasteiger partial charge in [0.1, 0.15) is 19.6 Å². The third-order valence-electron chi connectivity index (χ3n) is 9.28. The molecule has 14 nitrogen and oxygen atoms in total. The topological polar surface area (TPSA) is 267 Å². The van der Waals surface area contributed by atoms with Crippen molar-refractivity contribution in [2.75, 3.05) is 6.54 Å². The van der Waals surface area contributed by atoms with Crippen LogP contribution in [0.15, 0.2) is 47.5 Å². The predicted octanol–water partition coefficient (Wildman–Crippen LogP) is -5.08. The number of carbonyl (C=O) groups excluding carboxylic acids is 4. The Morgan fingerprint density at radius 1 is 0.818 bits per heavy atom. The average Bonchev–Trinajstić information content (AvgIpc) is 3.05. The molecule has 2 rings (SSSR count). The molecular formula is C32H40B9N9O5. The molecule has 0 aliphatic carbocycles. The fraction of sp³-hybridized carbons (Fsp3) is 0.469. The lowest BCUT2D eigenvalue weighted by Crippen LogP contribution is -2.69. The number of benzene rings is 2. The highest BCUT2D eigenvalue weighted by atomic mass is 16.3. The number of phenols is 1. The monoisotopic (exact) mass is 729 g/mol. The zero-order chi connectivity index (χ0) is 42.3. The maximum absolute atomic E-state index is 14.4. The summed E-state index contributed by atoms with van der Waals surface area (Å²) in [6.07, 6.45) is -0.205. The molecule has 0 spiro atoms. The molecule has 0 aliphatic heterocycles. The van der Waals surface area contributed by atoms with Crippen molar-refractivity contribution in [1.82, 2.24) is 16.0 Å². The van der Waals surface area contributed by atoms with Crippen LogP contribution < -0.4 is 44.6 Å². The summed E-state index contributed by atoms with van der Waals surface area (Å²) < 4.78 is 0. The summed E-state index contributed by atoms with van der Waals surface area (Å²) >= 11 is 0. The summed E-state index contributed by atoms with van der Waals surface area (Å²) in [5, 5.41) is 5.96. The molecule has 55 heavy (non-hydrogen) atoms. The van der Waals surface area contributed by atoms with Crippen molar-refractivity contribution < 1.29 is 24.3 Å². The molecular weight excluding hydrogens is 688 g/mol. The van der Waals surface area contributed by atoms with E-state index in [0.29, 0.717) is 28.7 Å². The van der Waals surface area contributed by atoms with Crippen molar-refractivity contribution in [3.8, 4) is 5.75 Å². The third kappa shape index (κ3) is 11.5. The fourth-order valence-corrected chi connectivity index (χ4v) is 5.64. The van der Waals surface area contributed by atoms with Crippen LogP contribution in [0, 0.1) is 13.8 Å². The first-order chi connectivity index (χ1) is 25.1. The molecule has 0 heterocycles. The zero-order valence-electron chi connectivity index (χ0n) is 30.9. The van der Waals surface area contributed by atoms with Gasteiger partial charge in [-0.25, -0.2) is 0 Å². The van der Waals surface area contributed by atoms with Gasteiger partial charge in [-0.15, -0.1) is 10.4 Å². The number of nitrogens with two attached hydrogens (primary N) is 5. The van der Waals surface area contributed by atoms with Gasteiger partial charge in [-0.2, -0.15) is 0 Å². The van der Waals surface area contributed by atoms with E-state index in [2.05, 4.69) is 20.9 Å². The first-order valence-corrected chi connectivity index (χ1v) is 16.8. The van der Waals surface area contributed by atoms with Crippen molar-refractivity contribution in [2.24, 2.45) is 33.7 Å². The van der Waals surface area contributed by atoms with E-state index >= 15 is 0 Å². The molecule has 0 bridgehead atoms. The Morgan fingerprint density at radius 2 is 1.36 bits per heavy atom. The summed E-state index contributed by atoms with van der Waals surface area (Å²) in [5.41, 5.74) is 28.0. The van der Waals surface area contributed by atoms with E-state index in [-0.39, 0.29) is 37.5 Å². The van der Waals surface area contributed by atoms with Crippen molar-refractivity contribution in [3.05, 3.63) is 64.7 Å². The molecule has 2 aromatic carbocycles. The number of guanidine groups is 1. The van der Waals surface area contributed by atoms with Crippen LogP contribution in [-0.4, -0.2) is 141 Å². The van der Waals surface area contributed by atoms with E-state index < -0.39 is 68.2 Å².